The lowest BCUT2D eigenvalue weighted by Gasteiger charge is -2.32. The van der Waals surface area contributed by atoms with E-state index >= 15 is 0 Å². The molecular weight excluding hydrogens is 230 g/mol. The summed E-state index contributed by atoms with van der Waals surface area (Å²) in [6.07, 6.45) is 1.89. The standard InChI is InChI=1S/C13H19N3O2/c1-9-7-10(2)15-12(14-9)13(3)5-4-6-16(13)8-11(17)18/h7H,4-6,8H2,1-3H3,(H,17,18)/t13-/m0/s1. The summed E-state index contributed by atoms with van der Waals surface area (Å²) in [6.45, 7) is 6.76. The molecule has 0 bridgehead atoms. The molecule has 18 heavy (non-hydrogen) atoms. The Morgan fingerprint density at radius 3 is 2.61 bits per heavy atom. The van der Waals surface area contributed by atoms with Gasteiger partial charge in [-0.05, 0) is 46.2 Å². The lowest BCUT2D eigenvalue weighted by atomic mass is 9.97. The molecule has 0 saturated carbocycles. The first-order chi connectivity index (χ1) is 8.41. The molecule has 0 unspecified atom stereocenters. The van der Waals surface area contributed by atoms with Gasteiger partial charge in [-0.2, -0.15) is 0 Å². The summed E-state index contributed by atoms with van der Waals surface area (Å²) in [7, 11) is 0. The number of nitrogens with zero attached hydrogens (tertiary/aromatic N) is 3. The van der Waals surface area contributed by atoms with Gasteiger partial charge >= 0.3 is 5.97 Å². The summed E-state index contributed by atoms with van der Waals surface area (Å²) in [4.78, 5) is 21.9. The van der Waals surface area contributed by atoms with Crippen molar-refractivity contribution in [3.63, 3.8) is 0 Å². The van der Waals surface area contributed by atoms with Gasteiger partial charge in [-0.1, -0.05) is 0 Å². The Morgan fingerprint density at radius 1 is 1.44 bits per heavy atom. The van der Waals surface area contributed by atoms with E-state index < -0.39 is 5.97 Å². The summed E-state index contributed by atoms with van der Waals surface area (Å²) < 4.78 is 0. The monoisotopic (exact) mass is 249 g/mol. The molecule has 0 aromatic carbocycles. The summed E-state index contributed by atoms with van der Waals surface area (Å²) in [5.41, 5.74) is 1.51. The molecule has 5 heteroatoms. The fourth-order valence-electron chi connectivity index (χ4n) is 2.66. The van der Waals surface area contributed by atoms with Gasteiger partial charge in [0.05, 0.1) is 12.1 Å². The summed E-state index contributed by atoms with van der Waals surface area (Å²) in [5.74, 6) is -0.0498. The molecule has 98 valence electrons. The van der Waals surface area contributed by atoms with Crippen LogP contribution in [0.5, 0.6) is 0 Å². The van der Waals surface area contributed by atoms with Crippen molar-refractivity contribution in [2.24, 2.45) is 0 Å². The number of carboxylic acid groups (broad SMARTS) is 1. The maximum absolute atomic E-state index is 10.9. The van der Waals surface area contributed by atoms with Crippen molar-refractivity contribution in [3.8, 4) is 0 Å². The molecule has 2 rings (SSSR count). The summed E-state index contributed by atoms with van der Waals surface area (Å²) in [5, 5.41) is 8.98. The lowest BCUT2D eigenvalue weighted by Crippen LogP contribution is -2.43. The number of aryl methyl sites for hydroxylation is 2. The molecule has 2 heterocycles. The molecule has 5 nitrogen and oxygen atoms in total. The Labute approximate surface area is 107 Å². The third-order valence-corrected chi connectivity index (χ3v) is 3.58. The smallest absolute Gasteiger partial charge is 0.317 e. The highest BCUT2D eigenvalue weighted by Crippen LogP contribution is 2.36. The Hall–Kier alpha value is -1.49. The topological polar surface area (TPSA) is 66.3 Å². The normalized spacial score (nSPS) is 24.4. The van der Waals surface area contributed by atoms with Crippen LogP contribution in [0.2, 0.25) is 0 Å². The molecule has 1 aromatic rings. The average molecular weight is 249 g/mol. The molecule has 0 spiro atoms. The van der Waals surface area contributed by atoms with Crippen LogP contribution in [0.1, 0.15) is 37.0 Å². The van der Waals surface area contributed by atoms with Crippen LogP contribution in [-0.4, -0.2) is 39.0 Å². The lowest BCUT2D eigenvalue weighted by molar-refractivity contribution is -0.139. The Morgan fingerprint density at radius 2 is 2.06 bits per heavy atom. The highest BCUT2D eigenvalue weighted by atomic mass is 16.4. The number of rotatable bonds is 3. The molecule has 1 aromatic heterocycles. The number of likely N-dealkylation sites (tertiary alicyclic amines) is 1. The molecule has 1 aliphatic rings. The summed E-state index contributed by atoms with van der Waals surface area (Å²) in [6, 6.07) is 1.93. The van der Waals surface area contributed by atoms with Crippen molar-refractivity contribution < 1.29 is 9.90 Å². The van der Waals surface area contributed by atoms with Crippen LogP contribution in [0.4, 0.5) is 0 Å². The van der Waals surface area contributed by atoms with Gasteiger partial charge < -0.3 is 5.11 Å². The van der Waals surface area contributed by atoms with Crippen molar-refractivity contribution in [1.82, 2.24) is 14.9 Å². The molecule has 1 fully saturated rings. The average Bonchev–Trinajstić information content (AvgIpc) is 2.59. The first-order valence-corrected chi connectivity index (χ1v) is 6.21. The minimum atomic E-state index is -0.799. The number of carboxylic acids is 1. The van der Waals surface area contributed by atoms with E-state index in [2.05, 4.69) is 9.97 Å². The number of hydrogen-bond acceptors (Lipinski definition) is 4. The van der Waals surface area contributed by atoms with Crippen molar-refractivity contribution in [2.75, 3.05) is 13.1 Å². The Balaban J connectivity index is 2.36. The van der Waals surface area contributed by atoms with Gasteiger partial charge in [0.1, 0.15) is 5.82 Å². The Bertz CT molecular complexity index is 455. The zero-order valence-electron chi connectivity index (χ0n) is 11.1. The molecule has 1 atom stereocenters. The zero-order chi connectivity index (χ0) is 13.3. The number of aromatic nitrogens is 2. The van der Waals surface area contributed by atoms with Crippen LogP contribution in [0.15, 0.2) is 6.07 Å². The minimum Gasteiger partial charge on any atom is -0.480 e. The predicted octanol–water partition coefficient (Wildman–Crippen LogP) is 1.49. The van der Waals surface area contributed by atoms with Gasteiger partial charge in [-0.3, -0.25) is 9.69 Å². The molecule has 0 aliphatic carbocycles. The van der Waals surface area contributed by atoms with Crippen molar-refractivity contribution in [1.29, 1.82) is 0 Å². The van der Waals surface area contributed by atoms with Crippen LogP contribution in [-0.2, 0) is 10.3 Å². The van der Waals surface area contributed by atoms with E-state index in [0.717, 1.165) is 36.6 Å². The molecule has 1 aliphatic heterocycles. The van der Waals surface area contributed by atoms with E-state index in [4.69, 9.17) is 5.11 Å². The van der Waals surface area contributed by atoms with Crippen molar-refractivity contribution >= 4 is 5.97 Å². The van der Waals surface area contributed by atoms with Gasteiger partial charge in [0.25, 0.3) is 0 Å². The predicted molar refractivity (Wildman–Crippen MR) is 67.3 cm³/mol. The van der Waals surface area contributed by atoms with E-state index in [-0.39, 0.29) is 12.1 Å². The van der Waals surface area contributed by atoms with Gasteiger partial charge in [0.15, 0.2) is 0 Å². The molecule has 0 amide bonds. The Kier molecular flexibility index (Phi) is 3.34. The molecular formula is C13H19N3O2. The molecule has 0 radical (unpaired) electrons. The zero-order valence-corrected chi connectivity index (χ0v) is 11.1. The second kappa shape index (κ2) is 4.65. The largest absolute Gasteiger partial charge is 0.480 e. The minimum absolute atomic E-state index is 0.0485. The van der Waals surface area contributed by atoms with Gasteiger partial charge in [-0.25, -0.2) is 9.97 Å². The second-order valence-electron chi connectivity index (χ2n) is 5.17. The highest BCUT2D eigenvalue weighted by molar-refractivity contribution is 5.69. The maximum atomic E-state index is 10.9. The fourth-order valence-corrected chi connectivity index (χ4v) is 2.66. The SMILES string of the molecule is Cc1cc(C)nc([C@]2(C)CCCN2CC(=O)O)n1. The van der Waals surface area contributed by atoms with Crippen LogP contribution in [0, 0.1) is 13.8 Å². The maximum Gasteiger partial charge on any atom is 0.317 e. The second-order valence-corrected chi connectivity index (χ2v) is 5.17. The van der Waals surface area contributed by atoms with E-state index in [1.54, 1.807) is 0 Å². The first-order valence-electron chi connectivity index (χ1n) is 6.21. The quantitative estimate of drug-likeness (QED) is 0.879. The highest BCUT2D eigenvalue weighted by Gasteiger charge is 2.41. The third-order valence-electron chi connectivity index (χ3n) is 3.58. The molecule has 1 saturated heterocycles. The van der Waals surface area contributed by atoms with E-state index in [1.807, 2.05) is 31.7 Å². The van der Waals surface area contributed by atoms with Crippen LogP contribution >= 0.6 is 0 Å². The number of carbonyl (C=O) groups is 1. The fraction of sp³-hybridized carbons (Fsp3) is 0.615. The van der Waals surface area contributed by atoms with Crippen molar-refractivity contribution in [2.45, 2.75) is 39.2 Å². The van der Waals surface area contributed by atoms with Crippen LogP contribution < -0.4 is 0 Å². The number of aliphatic carboxylic acids is 1. The van der Waals surface area contributed by atoms with Crippen LogP contribution in [0.25, 0.3) is 0 Å². The van der Waals surface area contributed by atoms with E-state index in [0.29, 0.717) is 0 Å². The summed E-state index contributed by atoms with van der Waals surface area (Å²) >= 11 is 0. The third kappa shape index (κ3) is 2.36. The van der Waals surface area contributed by atoms with Gasteiger partial charge in [0.2, 0.25) is 0 Å². The van der Waals surface area contributed by atoms with Gasteiger partial charge in [-0.15, -0.1) is 0 Å². The number of hydrogen-bond donors (Lipinski definition) is 1. The molecule has 1 N–H and O–H groups in total. The van der Waals surface area contributed by atoms with E-state index in [1.165, 1.54) is 0 Å². The van der Waals surface area contributed by atoms with Crippen LogP contribution in [0.3, 0.4) is 0 Å². The van der Waals surface area contributed by atoms with Gasteiger partial charge in [0, 0.05) is 11.4 Å². The first kappa shape index (κ1) is 13.0. The van der Waals surface area contributed by atoms with E-state index in [9.17, 15) is 4.79 Å². The van der Waals surface area contributed by atoms with Crippen molar-refractivity contribution in [3.05, 3.63) is 23.3 Å².